The number of carbonyl (C=O) groups is 3. The van der Waals surface area contributed by atoms with Gasteiger partial charge >= 0.3 is 11.9 Å². The van der Waals surface area contributed by atoms with Gasteiger partial charge in [-0.15, -0.1) is 0 Å². The molecular weight excluding hydrogens is 420 g/mol. The number of hydrogen-bond acceptors (Lipinski definition) is 6. The van der Waals surface area contributed by atoms with Gasteiger partial charge in [-0.3, -0.25) is 23.9 Å². The van der Waals surface area contributed by atoms with Gasteiger partial charge in [0.15, 0.2) is 5.78 Å². The van der Waals surface area contributed by atoms with Crippen LogP contribution in [0.4, 0.5) is 8.78 Å². The Labute approximate surface area is 175 Å². The van der Waals surface area contributed by atoms with Crippen molar-refractivity contribution in [3.8, 4) is 0 Å². The second kappa shape index (κ2) is 8.50. The Bertz CT molecular complexity index is 868. The van der Waals surface area contributed by atoms with Crippen LogP contribution in [0.5, 0.6) is 0 Å². The summed E-state index contributed by atoms with van der Waals surface area (Å²) < 4.78 is 49.8. The van der Waals surface area contributed by atoms with Crippen LogP contribution in [-0.2, 0) is 40.3 Å². The molecule has 2 N–H and O–H groups in total. The van der Waals surface area contributed by atoms with Crippen LogP contribution in [0.3, 0.4) is 0 Å². The van der Waals surface area contributed by atoms with Gasteiger partial charge in [0.05, 0.1) is 22.4 Å². The van der Waals surface area contributed by atoms with E-state index in [9.17, 15) is 27.4 Å². The molecule has 0 saturated carbocycles. The molecule has 0 aromatic heterocycles. The lowest BCUT2D eigenvalue weighted by Crippen LogP contribution is -2.51. The van der Waals surface area contributed by atoms with E-state index >= 15 is 0 Å². The summed E-state index contributed by atoms with van der Waals surface area (Å²) in [7, 11) is -1.93. The highest BCUT2D eigenvalue weighted by molar-refractivity contribution is 7.84. The predicted molar refractivity (Wildman–Crippen MR) is 104 cm³/mol. The number of Topliss-reactive ketones (excluding diaryl/α,β-unsaturated/α-hetero) is 1. The van der Waals surface area contributed by atoms with Gasteiger partial charge in [-0.1, -0.05) is 18.2 Å². The molecule has 1 saturated heterocycles. The van der Waals surface area contributed by atoms with Gasteiger partial charge in [0.25, 0.3) is 5.79 Å². The van der Waals surface area contributed by atoms with E-state index in [0.29, 0.717) is 0 Å². The van der Waals surface area contributed by atoms with Gasteiger partial charge in [-0.2, -0.15) is 0 Å². The molecule has 2 atom stereocenters. The number of ether oxygens (including phenoxy) is 2. The molecule has 1 aromatic carbocycles. The third-order valence-electron chi connectivity index (χ3n) is 5.01. The van der Waals surface area contributed by atoms with E-state index in [1.54, 1.807) is 0 Å². The summed E-state index contributed by atoms with van der Waals surface area (Å²) in [5, 5.41) is 5.52. The van der Waals surface area contributed by atoms with Crippen molar-refractivity contribution < 1.29 is 36.8 Å². The smallest absolute Gasteiger partial charge is 0.331 e. The zero-order valence-electron chi connectivity index (χ0n) is 17.2. The molecule has 0 bridgehead atoms. The number of halogens is 2. The van der Waals surface area contributed by atoms with Crippen LogP contribution in [0.1, 0.15) is 46.1 Å². The molecule has 10 heteroatoms. The number of esters is 2. The van der Waals surface area contributed by atoms with E-state index in [1.807, 2.05) is 0 Å². The van der Waals surface area contributed by atoms with Crippen molar-refractivity contribution in [3.63, 3.8) is 0 Å². The van der Waals surface area contributed by atoms with E-state index in [4.69, 9.17) is 14.6 Å². The standard InChI is InChI=1S/C20H25F2NO6S/c1-18(2,30(23)27)10-20(11-21,12-7-5-6-8-13(12)22)9-14(24)15-16(25)28-19(3,4)29-17(15)26/h5-8,15H,9-11,23H2,1-4H3/t20-,30?/m1/s1. The molecule has 2 rings (SSSR count). The first-order valence-electron chi connectivity index (χ1n) is 9.20. The minimum absolute atomic E-state index is 0.141. The molecule has 1 heterocycles. The Morgan fingerprint density at radius 2 is 1.73 bits per heavy atom. The van der Waals surface area contributed by atoms with Crippen LogP contribution < -0.4 is 5.14 Å². The number of nitrogens with two attached hydrogens (primary N) is 1. The Hall–Kier alpha value is -2.20. The maximum Gasteiger partial charge on any atom is 0.331 e. The zero-order chi connectivity index (χ0) is 22.9. The fourth-order valence-corrected chi connectivity index (χ4v) is 4.03. The number of ketones is 1. The fraction of sp³-hybridized carbons (Fsp3) is 0.550. The summed E-state index contributed by atoms with van der Waals surface area (Å²) in [4.78, 5) is 37.5. The van der Waals surface area contributed by atoms with E-state index in [0.717, 1.165) is 6.07 Å². The maximum absolute atomic E-state index is 14.6. The van der Waals surface area contributed by atoms with E-state index in [-0.39, 0.29) is 12.0 Å². The topological polar surface area (TPSA) is 113 Å². The minimum Gasteiger partial charge on any atom is -0.422 e. The highest BCUT2D eigenvalue weighted by Crippen LogP contribution is 2.41. The van der Waals surface area contributed by atoms with Crippen molar-refractivity contribution >= 4 is 28.7 Å². The van der Waals surface area contributed by atoms with Crippen molar-refractivity contribution in [2.45, 2.75) is 56.5 Å². The number of benzene rings is 1. The highest BCUT2D eigenvalue weighted by atomic mass is 32.2. The number of hydrogen-bond donors (Lipinski definition) is 1. The molecule has 0 amide bonds. The second-order valence-electron chi connectivity index (χ2n) is 8.45. The summed E-state index contributed by atoms with van der Waals surface area (Å²) in [6.45, 7) is 4.42. The van der Waals surface area contributed by atoms with Crippen molar-refractivity contribution in [3.05, 3.63) is 35.6 Å². The van der Waals surface area contributed by atoms with Crippen LogP contribution >= 0.6 is 0 Å². The lowest BCUT2D eigenvalue weighted by molar-refractivity contribution is -0.238. The molecule has 1 unspecified atom stereocenters. The van der Waals surface area contributed by atoms with Crippen LogP contribution in [0.2, 0.25) is 0 Å². The van der Waals surface area contributed by atoms with Crippen LogP contribution in [0.15, 0.2) is 24.3 Å². The highest BCUT2D eigenvalue weighted by Gasteiger charge is 2.51. The monoisotopic (exact) mass is 445 g/mol. The predicted octanol–water partition coefficient (Wildman–Crippen LogP) is 2.24. The van der Waals surface area contributed by atoms with E-state index in [2.05, 4.69) is 0 Å². The van der Waals surface area contributed by atoms with Gasteiger partial charge in [0.1, 0.15) is 5.82 Å². The van der Waals surface area contributed by atoms with E-state index in [1.165, 1.54) is 45.9 Å². The van der Waals surface area contributed by atoms with Crippen molar-refractivity contribution in [1.29, 1.82) is 0 Å². The normalized spacial score (nSPS) is 20.1. The molecule has 7 nitrogen and oxygen atoms in total. The van der Waals surface area contributed by atoms with Gasteiger partial charge in [-0.25, -0.2) is 8.60 Å². The molecule has 0 spiro atoms. The van der Waals surface area contributed by atoms with E-state index < -0.39 is 69.5 Å². The molecule has 0 aliphatic carbocycles. The Balaban J connectivity index is 2.49. The maximum atomic E-state index is 14.6. The number of carbonyl (C=O) groups excluding carboxylic acids is 3. The lowest BCUT2D eigenvalue weighted by Gasteiger charge is -2.38. The third-order valence-corrected chi connectivity index (χ3v) is 6.24. The summed E-state index contributed by atoms with van der Waals surface area (Å²) in [5.74, 6) is -7.46. The molecule has 0 radical (unpaired) electrons. The Morgan fingerprint density at radius 3 is 2.20 bits per heavy atom. The van der Waals surface area contributed by atoms with Gasteiger partial charge in [0, 0.05) is 25.7 Å². The average molecular weight is 445 g/mol. The van der Waals surface area contributed by atoms with Crippen molar-refractivity contribution in [1.82, 2.24) is 0 Å². The number of cyclic esters (lactones) is 2. The minimum atomic E-state index is -1.93. The molecule has 1 aliphatic rings. The van der Waals surface area contributed by atoms with Gasteiger partial charge < -0.3 is 9.47 Å². The molecule has 1 fully saturated rings. The SMILES string of the molecule is CC1(C)OC(=O)C(C(=O)C[C@](CF)(CC(C)(C)S(N)=O)c2ccccc2F)C(=O)O1. The van der Waals surface area contributed by atoms with Gasteiger partial charge in [-0.05, 0) is 31.9 Å². The molecule has 1 aromatic rings. The summed E-state index contributed by atoms with van der Waals surface area (Å²) >= 11 is 0. The summed E-state index contributed by atoms with van der Waals surface area (Å²) in [6, 6.07) is 5.26. The number of alkyl halides is 1. The molecular formula is C20H25F2NO6S. The van der Waals surface area contributed by atoms with Gasteiger partial charge in [0.2, 0.25) is 5.92 Å². The zero-order valence-corrected chi connectivity index (χ0v) is 18.0. The second-order valence-corrected chi connectivity index (χ2v) is 10.1. The van der Waals surface area contributed by atoms with Crippen molar-refractivity contribution in [2.24, 2.45) is 11.1 Å². The molecule has 30 heavy (non-hydrogen) atoms. The largest absolute Gasteiger partial charge is 0.422 e. The Kier molecular flexibility index (Phi) is 6.82. The first-order valence-corrected chi connectivity index (χ1v) is 10.4. The summed E-state index contributed by atoms with van der Waals surface area (Å²) in [6.07, 6.45) is -1.01. The average Bonchev–Trinajstić information content (AvgIpc) is 2.59. The number of rotatable bonds is 8. The fourth-order valence-electron chi connectivity index (χ4n) is 3.61. The molecule has 1 aliphatic heterocycles. The quantitative estimate of drug-likeness (QED) is 0.485. The van der Waals surface area contributed by atoms with Crippen LogP contribution in [0, 0.1) is 11.7 Å². The van der Waals surface area contributed by atoms with Crippen LogP contribution in [0.25, 0.3) is 0 Å². The summed E-state index contributed by atoms with van der Waals surface area (Å²) in [5.41, 5.74) is -1.95. The van der Waals surface area contributed by atoms with Crippen molar-refractivity contribution in [2.75, 3.05) is 6.67 Å². The third kappa shape index (κ3) is 4.92. The first-order chi connectivity index (χ1) is 13.7. The Morgan fingerprint density at radius 1 is 1.20 bits per heavy atom. The molecule has 166 valence electrons. The first kappa shape index (κ1) is 24.1. The van der Waals surface area contributed by atoms with Crippen LogP contribution in [-0.4, -0.2) is 39.1 Å². The lowest BCUT2D eigenvalue weighted by atomic mass is 9.70.